The molecule has 2 aromatic carbocycles. The lowest BCUT2D eigenvalue weighted by molar-refractivity contribution is -0.109. The summed E-state index contributed by atoms with van der Waals surface area (Å²) in [5, 5.41) is 13.6. The number of carboxylic acid groups (broad SMARTS) is 1. The van der Waals surface area contributed by atoms with Crippen LogP contribution < -0.4 is 14.4 Å². The smallest absolute Gasteiger partial charge is 0.349 e. The van der Waals surface area contributed by atoms with Crippen molar-refractivity contribution in [3.8, 4) is 16.2 Å². The number of aldehydes is 1. The maximum absolute atomic E-state index is 13.9. The van der Waals surface area contributed by atoms with Crippen molar-refractivity contribution in [3.63, 3.8) is 0 Å². The summed E-state index contributed by atoms with van der Waals surface area (Å²) in [5.74, 6) is -1.44. The van der Waals surface area contributed by atoms with Crippen LogP contribution in [0.4, 0.5) is 5.69 Å². The van der Waals surface area contributed by atoms with Gasteiger partial charge in [-0.15, -0.1) is 11.3 Å². The summed E-state index contributed by atoms with van der Waals surface area (Å²) >= 11 is 16.6. The third kappa shape index (κ3) is 6.52. The second-order valence-corrected chi connectivity index (χ2v) is 13.1. The number of rotatable bonds is 10. The molecule has 0 bridgehead atoms. The Bertz CT molecular complexity index is 1440. The zero-order valence-corrected chi connectivity index (χ0v) is 24.6. The van der Waals surface area contributed by atoms with Crippen LogP contribution in [0.3, 0.4) is 0 Å². The minimum Gasteiger partial charge on any atom is -0.483 e. The van der Waals surface area contributed by atoms with Crippen molar-refractivity contribution < 1.29 is 27.9 Å². The quantitative estimate of drug-likeness (QED) is 0.262. The summed E-state index contributed by atoms with van der Waals surface area (Å²) in [7, 11) is -3.88. The van der Waals surface area contributed by atoms with E-state index in [-0.39, 0.29) is 29.0 Å². The lowest BCUT2D eigenvalue weighted by Crippen LogP contribution is -2.46. The van der Waals surface area contributed by atoms with Crippen molar-refractivity contribution in [3.05, 3.63) is 67.4 Å². The molecular weight excluding hydrogens is 639 g/mol. The Morgan fingerprint density at radius 3 is 2.50 bits per heavy atom. The average Bonchev–Trinajstić information content (AvgIpc) is 3.19. The molecule has 0 atom stereocenters. The minimum absolute atomic E-state index is 0.0515. The number of benzene rings is 2. The maximum atomic E-state index is 13.9. The number of hydrogen-bond acceptors (Lipinski definition) is 7. The monoisotopic (exact) mass is 660 g/mol. The molecule has 38 heavy (non-hydrogen) atoms. The van der Waals surface area contributed by atoms with Crippen LogP contribution in [0.5, 0.6) is 5.75 Å². The lowest BCUT2D eigenvalue weighted by Gasteiger charge is -2.35. The van der Waals surface area contributed by atoms with E-state index in [2.05, 4.69) is 21.2 Å². The number of thiophene rings is 1. The summed E-state index contributed by atoms with van der Waals surface area (Å²) < 4.78 is 35.0. The second kappa shape index (κ2) is 12.4. The van der Waals surface area contributed by atoms with E-state index in [4.69, 9.17) is 27.9 Å². The van der Waals surface area contributed by atoms with Crippen LogP contribution in [-0.4, -0.2) is 51.5 Å². The van der Waals surface area contributed by atoms with Crippen LogP contribution in [0.15, 0.2) is 46.9 Å². The minimum atomic E-state index is -3.88. The van der Waals surface area contributed by atoms with Crippen molar-refractivity contribution in [1.82, 2.24) is 5.32 Å². The zero-order chi connectivity index (χ0) is 27.4. The molecule has 8 nitrogen and oxygen atoms in total. The van der Waals surface area contributed by atoms with Gasteiger partial charge in [-0.05, 0) is 83.3 Å². The average molecular weight is 662 g/mol. The van der Waals surface area contributed by atoms with Crippen LogP contribution in [-0.2, 0) is 20.6 Å². The van der Waals surface area contributed by atoms with E-state index < -0.39 is 16.0 Å². The van der Waals surface area contributed by atoms with Gasteiger partial charge in [0.1, 0.15) is 6.61 Å². The molecule has 0 unspecified atom stereocenters. The number of carbonyl (C=O) groups is 2. The Kier molecular flexibility index (Phi) is 9.38. The number of nitrogens with one attached hydrogen (secondary N) is 1. The fraction of sp³-hybridized carbons (Fsp3) is 0.280. The van der Waals surface area contributed by atoms with E-state index in [1.54, 1.807) is 42.5 Å². The van der Waals surface area contributed by atoms with Crippen molar-refractivity contribution in [2.75, 3.05) is 24.0 Å². The highest BCUT2D eigenvalue weighted by atomic mass is 79.9. The first kappa shape index (κ1) is 28.8. The Morgan fingerprint density at radius 1 is 1.18 bits per heavy atom. The number of piperidine rings is 1. The summed E-state index contributed by atoms with van der Waals surface area (Å²) in [5.41, 5.74) is 1.53. The number of hydrogen-bond donors (Lipinski definition) is 2. The molecule has 2 N–H and O–H groups in total. The number of anilines is 1. The summed E-state index contributed by atoms with van der Waals surface area (Å²) in [6, 6.07) is 11.4. The second-order valence-electron chi connectivity index (χ2n) is 8.55. The first-order valence-electron chi connectivity index (χ1n) is 11.5. The van der Waals surface area contributed by atoms with Gasteiger partial charge < -0.3 is 15.2 Å². The molecule has 13 heteroatoms. The van der Waals surface area contributed by atoms with Gasteiger partial charge in [0.25, 0.3) is 0 Å². The number of halogens is 3. The molecule has 0 spiro atoms. The van der Waals surface area contributed by atoms with Gasteiger partial charge in [-0.3, -0.25) is 9.10 Å². The fourth-order valence-corrected chi connectivity index (χ4v) is 8.65. The lowest BCUT2D eigenvalue weighted by atomic mass is 10.1. The first-order chi connectivity index (χ1) is 18.1. The number of carboxylic acids is 1. The number of nitrogens with zero attached hydrogens (tertiary/aromatic N) is 1. The van der Waals surface area contributed by atoms with Crippen LogP contribution >= 0.6 is 50.5 Å². The number of sulfonamides is 1. The first-order valence-corrected chi connectivity index (χ1v) is 15.5. The molecule has 1 aromatic heterocycles. The standard InChI is InChI=1S/C25H23BrCl2N2O6S2/c26-21-22(36-9-8-31)24(25(32)33)37-23(21)16-2-1-3-20(12-16)30(19-4-6-29-7-5-19)38(34,35)14-15-10-17(27)13-18(28)11-15/h1-3,8,10-13,19,29H,4-7,9,14H2,(H,32,33). The molecule has 3 aromatic rings. The third-order valence-electron chi connectivity index (χ3n) is 5.87. The van der Waals surface area contributed by atoms with Gasteiger partial charge in [0.2, 0.25) is 10.0 Å². The zero-order valence-electron chi connectivity index (χ0n) is 19.8. The largest absolute Gasteiger partial charge is 0.483 e. The molecule has 202 valence electrons. The number of carbonyl (C=O) groups excluding carboxylic acids is 1. The molecule has 1 aliphatic rings. The van der Waals surface area contributed by atoms with Crippen LogP contribution in [0.2, 0.25) is 10.0 Å². The summed E-state index contributed by atoms with van der Waals surface area (Å²) in [4.78, 5) is 23.1. The predicted molar refractivity (Wildman–Crippen MR) is 153 cm³/mol. The topological polar surface area (TPSA) is 113 Å². The fourth-order valence-electron chi connectivity index (χ4n) is 4.37. The molecule has 1 saturated heterocycles. The van der Waals surface area contributed by atoms with Crippen molar-refractivity contribution in [2.24, 2.45) is 0 Å². The van der Waals surface area contributed by atoms with E-state index in [0.717, 1.165) is 11.3 Å². The van der Waals surface area contributed by atoms with E-state index >= 15 is 0 Å². The SMILES string of the molecule is O=CCOc1c(C(=O)O)sc(-c2cccc(N(C3CCNCC3)S(=O)(=O)Cc3cc(Cl)cc(Cl)c3)c2)c1Br. The Labute approximate surface area is 242 Å². The summed E-state index contributed by atoms with van der Waals surface area (Å²) in [6.07, 6.45) is 1.77. The van der Waals surface area contributed by atoms with Gasteiger partial charge in [0.05, 0.1) is 20.8 Å². The Hall–Kier alpha value is -2.15. The predicted octanol–water partition coefficient (Wildman–Crippen LogP) is 5.85. The van der Waals surface area contributed by atoms with Crippen molar-refractivity contribution in [2.45, 2.75) is 24.6 Å². The van der Waals surface area contributed by atoms with Gasteiger partial charge >= 0.3 is 5.97 Å². The Balaban J connectivity index is 1.78. The van der Waals surface area contributed by atoms with E-state index in [1.807, 2.05) is 0 Å². The number of ether oxygens (including phenoxy) is 1. The van der Waals surface area contributed by atoms with Crippen molar-refractivity contribution >= 4 is 78.4 Å². The third-order valence-corrected chi connectivity index (χ3v) is 10.3. The van der Waals surface area contributed by atoms with Crippen LogP contribution in [0, 0.1) is 0 Å². The molecule has 0 aliphatic carbocycles. The van der Waals surface area contributed by atoms with Crippen LogP contribution in [0.1, 0.15) is 28.1 Å². The van der Waals surface area contributed by atoms with Gasteiger partial charge in [-0.2, -0.15) is 0 Å². The van der Waals surface area contributed by atoms with Crippen LogP contribution in [0.25, 0.3) is 10.4 Å². The normalized spacial score (nSPS) is 14.3. The van der Waals surface area contributed by atoms with E-state index in [9.17, 15) is 23.1 Å². The number of aromatic carboxylic acids is 1. The highest BCUT2D eigenvalue weighted by Gasteiger charge is 2.32. The molecule has 0 amide bonds. The highest BCUT2D eigenvalue weighted by molar-refractivity contribution is 9.10. The molecular formula is C25H23BrCl2N2O6S2. The Morgan fingerprint density at radius 2 is 1.87 bits per heavy atom. The molecule has 2 heterocycles. The molecule has 0 saturated carbocycles. The maximum Gasteiger partial charge on any atom is 0.349 e. The van der Waals surface area contributed by atoms with E-state index in [1.165, 1.54) is 4.31 Å². The van der Waals surface area contributed by atoms with Gasteiger partial charge in [-0.1, -0.05) is 35.3 Å². The van der Waals surface area contributed by atoms with Gasteiger partial charge in [0, 0.05) is 16.1 Å². The van der Waals surface area contributed by atoms with Gasteiger partial charge in [0.15, 0.2) is 16.9 Å². The molecule has 1 fully saturated rings. The molecule has 1 aliphatic heterocycles. The molecule has 4 rings (SSSR count). The van der Waals surface area contributed by atoms with Crippen molar-refractivity contribution in [1.29, 1.82) is 0 Å². The van der Waals surface area contributed by atoms with Gasteiger partial charge in [-0.25, -0.2) is 13.2 Å². The summed E-state index contributed by atoms with van der Waals surface area (Å²) in [6.45, 7) is 1.05. The highest BCUT2D eigenvalue weighted by Crippen LogP contribution is 2.46. The van der Waals surface area contributed by atoms with E-state index in [0.29, 0.717) is 68.4 Å². The molecule has 0 radical (unpaired) electrons.